The number of carbonyl (C=O) groups excluding carboxylic acids is 2. The van der Waals surface area contributed by atoms with Gasteiger partial charge in [0.1, 0.15) is 0 Å². The van der Waals surface area contributed by atoms with Gasteiger partial charge in [-0.15, -0.1) is 0 Å². The maximum Gasteiger partial charge on any atom is 0.264 e. The second kappa shape index (κ2) is 6.65. The van der Waals surface area contributed by atoms with E-state index < -0.39 is 0 Å². The highest BCUT2D eigenvalue weighted by molar-refractivity contribution is 8.04. The van der Waals surface area contributed by atoms with Gasteiger partial charge in [-0.05, 0) is 49.6 Å². The zero-order valence-corrected chi connectivity index (χ0v) is 15.6. The second-order valence-corrected chi connectivity index (χ2v) is 7.90. The Balaban J connectivity index is 1.63. The van der Waals surface area contributed by atoms with Gasteiger partial charge in [-0.1, -0.05) is 41.6 Å². The number of hydrogen-bond donors (Lipinski definition) is 1. The van der Waals surface area contributed by atoms with Gasteiger partial charge >= 0.3 is 0 Å². The predicted octanol–water partition coefficient (Wildman–Crippen LogP) is 4.00. The van der Waals surface area contributed by atoms with Crippen molar-refractivity contribution >= 4 is 35.3 Å². The summed E-state index contributed by atoms with van der Waals surface area (Å²) >= 11 is 1.45. The van der Waals surface area contributed by atoms with Crippen molar-refractivity contribution in [1.82, 2.24) is 5.32 Å². The van der Waals surface area contributed by atoms with Crippen LogP contribution in [0.5, 0.6) is 0 Å². The van der Waals surface area contributed by atoms with E-state index in [0.29, 0.717) is 16.5 Å². The third kappa shape index (κ3) is 3.40. The van der Waals surface area contributed by atoms with Gasteiger partial charge in [0, 0.05) is 23.5 Å². The molecule has 4 rings (SSSR count). The van der Waals surface area contributed by atoms with Crippen molar-refractivity contribution in [2.75, 3.05) is 11.9 Å². The van der Waals surface area contributed by atoms with E-state index in [1.165, 1.54) is 11.8 Å². The molecule has 1 N–H and O–H groups in total. The predicted molar refractivity (Wildman–Crippen MR) is 105 cm³/mol. The van der Waals surface area contributed by atoms with Crippen LogP contribution >= 0.6 is 11.8 Å². The molecule has 132 valence electrons. The Morgan fingerprint density at radius 3 is 2.77 bits per heavy atom. The van der Waals surface area contributed by atoms with Crippen LogP contribution in [-0.2, 0) is 4.79 Å². The summed E-state index contributed by atoms with van der Waals surface area (Å²) in [7, 11) is 1.76. The van der Waals surface area contributed by atoms with Gasteiger partial charge in [-0.2, -0.15) is 0 Å². The number of benzene rings is 2. The van der Waals surface area contributed by atoms with Gasteiger partial charge in [0.25, 0.3) is 11.8 Å². The number of amides is 2. The van der Waals surface area contributed by atoms with E-state index in [-0.39, 0.29) is 11.8 Å². The van der Waals surface area contributed by atoms with Crippen LogP contribution in [0.25, 0.3) is 6.08 Å². The number of anilines is 1. The van der Waals surface area contributed by atoms with Crippen LogP contribution in [0, 0.1) is 6.92 Å². The van der Waals surface area contributed by atoms with Gasteiger partial charge in [0.2, 0.25) is 0 Å². The van der Waals surface area contributed by atoms with Crippen LogP contribution in [0.4, 0.5) is 5.69 Å². The molecule has 0 unspecified atom stereocenters. The average molecular weight is 364 g/mol. The molecule has 2 aliphatic rings. The fourth-order valence-electron chi connectivity index (χ4n) is 2.94. The Morgan fingerprint density at radius 1 is 1.23 bits per heavy atom. The summed E-state index contributed by atoms with van der Waals surface area (Å²) in [6.45, 7) is 2.04. The van der Waals surface area contributed by atoms with Gasteiger partial charge in [-0.3, -0.25) is 9.59 Å². The Labute approximate surface area is 157 Å². The van der Waals surface area contributed by atoms with E-state index in [1.54, 1.807) is 18.0 Å². The minimum Gasteiger partial charge on any atom is -0.349 e. The fraction of sp³-hybridized carbons (Fsp3) is 0.238. The molecular weight excluding hydrogens is 344 g/mol. The molecule has 1 heterocycles. The van der Waals surface area contributed by atoms with Crippen LogP contribution in [-0.4, -0.2) is 24.9 Å². The Bertz CT molecular complexity index is 931. The highest BCUT2D eigenvalue weighted by Gasteiger charge is 2.28. The van der Waals surface area contributed by atoms with Gasteiger partial charge in [0.05, 0.1) is 10.6 Å². The molecule has 0 atom stereocenters. The van der Waals surface area contributed by atoms with E-state index >= 15 is 0 Å². The minimum atomic E-state index is -0.0674. The van der Waals surface area contributed by atoms with Gasteiger partial charge < -0.3 is 10.2 Å². The standard InChI is InChI=1S/C21H20N2O2S/c1-13-4-3-5-14(10-13)11-19-21(25)23(2)17-12-15(6-9-18(17)26-19)20(24)22-16-7-8-16/h3-6,9-12,16H,7-8H2,1-2H3,(H,22,24). The number of carbonyl (C=O) groups is 2. The van der Waals surface area contributed by atoms with E-state index in [0.717, 1.165) is 34.6 Å². The molecule has 1 aliphatic carbocycles. The zero-order chi connectivity index (χ0) is 18.3. The SMILES string of the molecule is Cc1cccc(C=C2Sc3ccc(C(=O)NC4CC4)cc3N(C)C2=O)c1. The average Bonchev–Trinajstić information content (AvgIpc) is 3.43. The molecule has 1 fully saturated rings. The Hall–Kier alpha value is -2.53. The molecule has 0 spiro atoms. The minimum absolute atomic E-state index is 0.0521. The second-order valence-electron chi connectivity index (χ2n) is 6.82. The maximum atomic E-state index is 12.8. The highest BCUT2D eigenvalue weighted by atomic mass is 32.2. The van der Waals surface area contributed by atoms with Crippen molar-refractivity contribution in [3.8, 4) is 0 Å². The number of nitrogens with zero attached hydrogens (tertiary/aromatic N) is 1. The molecule has 0 radical (unpaired) electrons. The van der Waals surface area contributed by atoms with Crippen molar-refractivity contribution in [3.63, 3.8) is 0 Å². The number of thioether (sulfide) groups is 1. The van der Waals surface area contributed by atoms with Crippen LogP contribution in [0.15, 0.2) is 52.3 Å². The largest absolute Gasteiger partial charge is 0.349 e. The normalized spacial score (nSPS) is 18.0. The molecule has 1 saturated carbocycles. The first-order valence-corrected chi connectivity index (χ1v) is 9.52. The number of rotatable bonds is 3. The molecule has 1 aliphatic heterocycles. The fourth-order valence-corrected chi connectivity index (χ4v) is 4.04. The highest BCUT2D eigenvalue weighted by Crippen LogP contribution is 2.42. The number of aryl methyl sites for hydroxylation is 1. The first-order valence-electron chi connectivity index (χ1n) is 8.70. The van der Waals surface area contributed by atoms with Crippen molar-refractivity contribution in [2.24, 2.45) is 0 Å². The summed E-state index contributed by atoms with van der Waals surface area (Å²) in [5.41, 5.74) is 3.55. The smallest absolute Gasteiger partial charge is 0.264 e. The summed E-state index contributed by atoms with van der Waals surface area (Å²) in [5.74, 6) is -0.119. The number of likely N-dealkylation sites (N-methyl/N-ethyl adjacent to an activating group) is 1. The van der Waals surface area contributed by atoms with Crippen molar-refractivity contribution in [3.05, 3.63) is 64.1 Å². The first-order chi connectivity index (χ1) is 12.5. The number of hydrogen-bond acceptors (Lipinski definition) is 3. The molecule has 2 amide bonds. The molecular formula is C21H20N2O2S. The van der Waals surface area contributed by atoms with Crippen LogP contribution in [0.1, 0.15) is 34.3 Å². The molecule has 5 heteroatoms. The van der Waals surface area contributed by atoms with Gasteiger partial charge in [0.15, 0.2) is 0 Å². The summed E-state index contributed by atoms with van der Waals surface area (Å²) in [5, 5.41) is 2.99. The summed E-state index contributed by atoms with van der Waals surface area (Å²) in [6, 6.07) is 14.0. The Kier molecular flexibility index (Phi) is 4.32. The summed E-state index contributed by atoms with van der Waals surface area (Å²) in [4.78, 5) is 28.3. The maximum absolute atomic E-state index is 12.8. The number of nitrogens with one attached hydrogen (secondary N) is 1. The molecule has 0 saturated heterocycles. The van der Waals surface area contributed by atoms with E-state index in [2.05, 4.69) is 11.4 Å². The topological polar surface area (TPSA) is 49.4 Å². The summed E-state index contributed by atoms with van der Waals surface area (Å²) in [6.07, 6.45) is 4.03. The quantitative estimate of drug-likeness (QED) is 0.838. The lowest BCUT2D eigenvalue weighted by molar-refractivity contribution is -0.114. The van der Waals surface area contributed by atoms with E-state index in [4.69, 9.17) is 0 Å². The molecule has 26 heavy (non-hydrogen) atoms. The van der Waals surface area contributed by atoms with E-state index in [9.17, 15) is 9.59 Å². The monoisotopic (exact) mass is 364 g/mol. The molecule has 0 aromatic heterocycles. The summed E-state index contributed by atoms with van der Waals surface area (Å²) < 4.78 is 0. The Morgan fingerprint density at radius 2 is 2.04 bits per heavy atom. The third-order valence-electron chi connectivity index (χ3n) is 4.57. The molecule has 2 aromatic carbocycles. The molecule has 2 aromatic rings. The van der Waals surface area contributed by atoms with Gasteiger partial charge in [-0.25, -0.2) is 0 Å². The molecule has 4 nitrogen and oxygen atoms in total. The van der Waals surface area contributed by atoms with Crippen LogP contribution in [0.3, 0.4) is 0 Å². The van der Waals surface area contributed by atoms with Crippen LogP contribution in [0.2, 0.25) is 0 Å². The lowest BCUT2D eigenvalue weighted by Crippen LogP contribution is -2.31. The first kappa shape index (κ1) is 16.9. The third-order valence-corrected chi connectivity index (χ3v) is 5.65. The van der Waals surface area contributed by atoms with Crippen molar-refractivity contribution in [2.45, 2.75) is 30.7 Å². The van der Waals surface area contributed by atoms with Crippen molar-refractivity contribution in [1.29, 1.82) is 0 Å². The van der Waals surface area contributed by atoms with Crippen LogP contribution < -0.4 is 10.2 Å². The lowest BCUT2D eigenvalue weighted by atomic mass is 10.1. The zero-order valence-electron chi connectivity index (χ0n) is 14.8. The molecule has 0 bridgehead atoms. The number of fused-ring (bicyclic) bond motifs is 1. The van der Waals surface area contributed by atoms with E-state index in [1.807, 2.05) is 43.3 Å². The lowest BCUT2D eigenvalue weighted by Gasteiger charge is -2.27. The van der Waals surface area contributed by atoms with Crippen molar-refractivity contribution < 1.29 is 9.59 Å².